The lowest BCUT2D eigenvalue weighted by Crippen LogP contribution is -2.38. The molecule has 1 fully saturated rings. The van der Waals surface area contributed by atoms with Gasteiger partial charge in [0.05, 0.1) is 30.3 Å². The summed E-state index contributed by atoms with van der Waals surface area (Å²) < 4.78 is 75.1. The van der Waals surface area contributed by atoms with Crippen molar-refractivity contribution in [3.05, 3.63) is 53.4 Å². The van der Waals surface area contributed by atoms with Crippen molar-refractivity contribution in [3.63, 3.8) is 0 Å². The van der Waals surface area contributed by atoms with Crippen LogP contribution < -0.4 is 15.4 Å². The van der Waals surface area contributed by atoms with Gasteiger partial charge in [0.1, 0.15) is 17.5 Å². The summed E-state index contributed by atoms with van der Waals surface area (Å²) in [6, 6.07) is 3.93. The van der Waals surface area contributed by atoms with Crippen molar-refractivity contribution in [1.82, 2.24) is 19.2 Å². The highest BCUT2D eigenvalue weighted by atomic mass is 32.1. The van der Waals surface area contributed by atoms with Gasteiger partial charge in [-0.1, -0.05) is 0 Å². The second-order valence-electron chi connectivity index (χ2n) is 8.79. The Kier molecular flexibility index (Phi) is 8.72. The lowest BCUT2D eigenvalue weighted by Gasteiger charge is -2.31. The first-order valence-electron chi connectivity index (χ1n) is 11.8. The summed E-state index contributed by atoms with van der Waals surface area (Å²) in [4.78, 5) is 22.1. The van der Waals surface area contributed by atoms with Crippen LogP contribution in [0.25, 0.3) is 0 Å². The normalized spacial score (nSPS) is 16.3. The molecule has 2 N–H and O–H groups in total. The van der Waals surface area contributed by atoms with Crippen molar-refractivity contribution < 1.29 is 31.5 Å². The second kappa shape index (κ2) is 12.0. The van der Waals surface area contributed by atoms with Gasteiger partial charge in [0.25, 0.3) is 5.91 Å². The number of carbonyl (C=O) groups is 1. The molecule has 0 spiro atoms. The Morgan fingerprint density at radius 2 is 2.08 bits per heavy atom. The quantitative estimate of drug-likeness (QED) is 0.339. The van der Waals surface area contributed by atoms with Gasteiger partial charge in [-0.05, 0) is 50.0 Å². The summed E-state index contributed by atoms with van der Waals surface area (Å²) in [6.45, 7) is 3.31. The van der Waals surface area contributed by atoms with Crippen LogP contribution in [0, 0.1) is 18.7 Å². The molecule has 0 radical (unpaired) electrons. The van der Waals surface area contributed by atoms with E-state index >= 15 is 0 Å². The largest absolute Gasteiger partial charge is 0.490 e. The van der Waals surface area contributed by atoms with Gasteiger partial charge in [0.15, 0.2) is 17.3 Å². The maximum Gasteiger partial charge on any atom is 0.434 e. The number of likely N-dealkylation sites (tertiary alicyclic amines) is 1. The Balaban J connectivity index is 1.42. The lowest BCUT2D eigenvalue weighted by atomic mass is 9.99. The second-order valence-corrected chi connectivity index (χ2v) is 9.56. The minimum Gasteiger partial charge on any atom is -0.490 e. The van der Waals surface area contributed by atoms with Gasteiger partial charge in [0.2, 0.25) is 0 Å². The summed E-state index contributed by atoms with van der Waals surface area (Å²) in [5.74, 6) is -1.04. The topological polar surface area (TPSA) is 92.3 Å². The number of nitrogens with zero attached hydrogens (tertiary/aromatic N) is 4. The monoisotopic (exact) mass is 556 g/mol. The van der Waals surface area contributed by atoms with Crippen molar-refractivity contribution in [3.8, 4) is 5.75 Å². The number of anilines is 3. The Bertz CT molecular complexity index is 1250. The van der Waals surface area contributed by atoms with Crippen LogP contribution in [0.1, 0.15) is 34.6 Å². The molecule has 3 aromatic rings. The summed E-state index contributed by atoms with van der Waals surface area (Å²) in [7, 11) is 0. The first kappa shape index (κ1) is 27.6. The van der Waals surface area contributed by atoms with E-state index in [0.717, 1.165) is 37.1 Å². The van der Waals surface area contributed by atoms with Crippen LogP contribution in [0.2, 0.25) is 0 Å². The van der Waals surface area contributed by atoms with Gasteiger partial charge in [0, 0.05) is 30.8 Å². The molecule has 1 aromatic carbocycles. The average Bonchev–Trinajstić information content (AvgIpc) is 3.24. The molecule has 4 rings (SSSR count). The van der Waals surface area contributed by atoms with E-state index in [2.05, 4.69) is 25.0 Å². The van der Waals surface area contributed by atoms with Crippen LogP contribution in [-0.4, -0.2) is 58.1 Å². The number of ether oxygens (including phenoxy) is 1. The third-order valence-electron chi connectivity index (χ3n) is 5.94. The number of piperidine rings is 1. The molecule has 1 aliphatic heterocycles. The molecule has 14 heteroatoms. The van der Waals surface area contributed by atoms with Crippen LogP contribution in [0.5, 0.6) is 5.75 Å². The zero-order valence-corrected chi connectivity index (χ0v) is 21.1. The minimum absolute atomic E-state index is 0.000890. The highest BCUT2D eigenvalue weighted by Crippen LogP contribution is 2.31. The summed E-state index contributed by atoms with van der Waals surface area (Å²) >= 11 is 0.929. The molecule has 1 unspecified atom stereocenters. The molecule has 38 heavy (non-hydrogen) atoms. The minimum atomic E-state index is -4.62. The van der Waals surface area contributed by atoms with Crippen molar-refractivity contribution in [1.29, 1.82) is 0 Å². The van der Waals surface area contributed by atoms with Crippen LogP contribution in [-0.2, 0) is 6.18 Å². The zero-order valence-electron chi connectivity index (χ0n) is 20.3. The Morgan fingerprint density at radius 3 is 2.79 bits per heavy atom. The van der Waals surface area contributed by atoms with Gasteiger partial charge in [-0.15, -0.1) is 0 Å². The first-order chi connectivity index (χ1) is 18.1. The molecule has 8 nitrogen and oxygen atoms in total. The summed E-state index contributed by atoms with van der Waals surface area (Å²) in [5.41, 5.74) is -0.335. The van der Waals surface area contributed by atoms with Crippen molar-refractivity contribution >= 4 is 33.9 Å². The predicted octanol–water partition coefficient (Wildman–Crippen LogP) is 5.46. The van der Waals surface area contributed by atoms with E-state index in [0.29, 0.717) is 25.0 Å². The number of alkyl halides is 4. The highest BCUT2D eigenvalue weighted by Gasteiger charge is 2.33. The van der Waals surface area contributed by atoms with Gasteiger partial charge >= 0.3 is 6.18 Å². The molecule has 1 atom stereocenters. The maximum atomic E-state index is 14.4. The number of aryl methyl sites for hydroxylation is 1. The van der Waals surface area contributed by atoms with Gasteiger partial charge < -0.3 is 20.3 Å². The van der Waals surface area contributed by atoms with Crippen LogP contribution >= 0.6 is 11.5 Å². The predicted molar refractivity (Wildman–Crippen MR) is 132 cm³/mol. The molecule has 2 aromatic heterocycles. The standard InChI is InChI=1S/C24H25F5N6O2S/c1-14-21(23(38-34-14)33-20-11-30-19(10-31-20)24(27,28)29)22(36)32-16-4-5-17(26)18(9-16)37-13-15-3-2-7-35(12-15)8-6-25/h4-5,9-11,15H,2-3,6-8,12-13H2,1H3,(H,31,33)(H,32,36). The van der Waals surface area contributed by atoms with Gasteiger partial charge in [-0.2, -0.15) is 17.5 Å². The fourth-order valence-corrected chi connectivity index (χ4v) is 4.88. The lowest BCUT2D eigenvalue weighted by molar-refractivity contribution is -0.141. The fraction of sp³-hybridized carbons (Fsp3) is 0.417. The van der Waals surface area contributed by atoms with Gasteiger partial charge in [-0.3, -0.25) is 4.79 Å². The van der Waals surface area contributed by atoms with Crippen LogP contribution in [0.15, 0.2) is 30.6 Å². The van der Waals surface area contributed by atoms with Crippen LogP contribution in [0.3, 0.4) is 0 Å². The molecule has 0 aliphatic carbocycles. The first-order valence-corrected chi connectivity index (χ1v) is 12.6. The molecule has 0 saturated carbocycles. The third kappa shape index (κ3) is 6.92. The number of hydrogen-bond donors (Lipinski definition) is 2. The Hall–Kier alpha value is -3.39. The number of rotatable bonds is 9. The van der Waals surface area contributed by atoms with E-state index in [4.69, 9.17) is 4.74 Å². The van der Waals surface area contributed by atoms with Crippen LogP contribution in [0.4, 0.5) is 38.5 Å². The van der Waals surface area contributed by atoms with E-state index < -0.39 is 30.3 Å². The number of benzene rings is 1. The van der Waals surface area contributed by atoms with E-state index in [1.807, 2.05) is 4.90 Å². The molecule has 204 valence electrons. The number of carbonyl (C=O) groups excluding carboxylic acids is 1. The van der Waals surface area contributed by atoms with Crippen molar-refractivity contribution in [2.75, 3.05) is 43.5 Å². The molecule has 0 bridgehead atoms. The van der Waals surface area contributed by atoms with E-state index in [9.17, 15) is 26.7 Å². The number of aromatic nitrogens is 3. The van der Waals surface area contributed by atoms with Gasteiger partial charge in [-0.25, -0.2) is 18.7 Å². The van der Waals surface area contributed by atoms with E-state index in [-0.39, 0.29) is 40.3 Å². The number of amides is 1. The number of nitrogens with one attached hydrogen (secondary N) is 2. The molecule has 3 heterocycles. The SMILES string of the molecule is Cc1nsc(Nc2cnc(C(F)(F)F)cn2)c1C(=O)Nc1ccc(F)c(OCC2CCCN(CCF)C2)c1. The highest BCUT2D eigenvalue weighted by molar-refractivity contribution is 7.10. The zero-order chi connectivity index (χ0) is 27.3. The van der Waals surface area contributed by atoms with E-state index in [1.165, 1.54) is 18.2 Å². The number of halogens is 5. The van der Waals surface area contributed by atoms with Crippen molar-refractivity contribution in [2.45, 2.75) is 25.9 Å². The summed E-state index contributed by atoms with van der Waals surface area (Å²) in [6.07, 6.45) is -1.32. The Labute approximate surface area is 219 Å². The fourth-order valence-electron chi connectivity index (χ4n) is 4.08. The molecule has 1 saturated heterocycles. The van der Waals surface area contributed by atoms with E-state index in [1.54, 1.807) is 6.92 Å². The summed E-state index contributed by atoms with van der Waals surface area (Å²) in [5, 5.41) is 5.70. The smallest absolute Gasteiger partial charge is 0.434 e. The molecular weight excluding hydrogens is 531 g/mol. The maximum absolute atomic E-state index is 14.4. The molecular formula is C24H25F5N6O2S. The average molecular weight is 557 g/mol. The molecule has 1 amide bonds. The molecule has 1 aliphatic rings. The van der Waals surface area contributed by atoms with Crippen molar-refractivity contribution in [2.24, 2.45) is 5.92 Å². The number of hydrogen-bond acceptors (Lipinski definition) is 8. The third-order valence-corrected chi connectivity index (χ3v) is 6.80. The Morgan fingerprint density at radius 1 is 1.26 bits per heavy atom.